The zero-order chi connectivity index (χ0) is 22.9. The number of fused-ring (bicyclic) bond motifs is 1. The number of likely N-dealkylation sites (tertiary alicyclic amines) is 1. The number of aromatic nitrogens is 2. The quantitative estimate of drug-likeness (QED) is 0.616. The molecule has 3 aliphatic rings. The molecule has 3 heterocycles. The fourth-order valence-electron chi connectivity index (χ4n) is 5.66. The predicted octanol–water partition coefficient (Wildman–Crippen LogP) is 4.91. The average Bonchev–Trinajstić information content (AvgIpc) is 3.34. The highest BCUT2D eigenvalue weighted by Gasteiger charge is 2.41. The zero-order valence-corrected chi connectivity index (χ0v) is 18.3. The number of hydrogen-bond donors (Lipinski definition) is 1. The summed E-state index contributed by atoms with van der Waals surface area (Å²) in [6.45, 7) is 4.93. The van der Waals surface area contributed by atoms with Gasteiger partial charge in [-0.15, -0.1) is 10.2 Å². The van der Waals surface area contributed by atoms with Crippen molar-refractivity contribution in [3.05, 3.63) is 41.5 Å². The lowest BCUT2D eigenvalue weighted by Crippen LogP contribution is -2.32. The van der Waals surface area contributed by atoms with Gasteiger partial charge in [0, 0.05) is 44.5 Å². The Kier molecular flexibility index (Phi) is 6.51. The van der Waals surface area contributed by atoms with Crippen molar-refractivity contribution >= 4 is 5.82 Å². The Labute approximate surface area is 190 Å². The van der Waals surface area contributed by atoms with Gasteiger partial charge in [-0.3, -0.25) is 0 Å². The van der Waals surface area contributed by atoms with Crippen molar-refractivity contribution in [2.24, 2.45) is 17.8 Å². The van der Waals surface area contributed by atoms with Gasteiger partial charge in [-0.05, 0) is 67.7 Å². The number of rotatable bonds is 6. The van der Waals surface area contributed by atoms with E-state index in [4.69, 9.17) is 4.74 Å². The smallest absolute Gasteiger partial charge is 0.267 e. The molecule has 0 radical (unpaired) electrons. The molecule has 1 N–H and O–H groups in total. The summed E-state index contributed by atoms with van der Waals surface area (Å²) in [6, 6.07) is 4.00. The molecule has 2 aliphatic heterocycles. The number of ether oxygens (including phenoxy) is 1. The van der Waals surface area contributed by atoms with Crippen molar-refractivity contribution in [3.63, 3.8) is 0 Å². The van der Waals surface area contributed by atoms with E-state index < -0.39 is 18.1 Å². The van der Waals surface area contributed by atoms with Crippen LogP contribution in [-0.2, 0) is 4.74 Å². The molecule has 1 aromatic heterocycles. The van der Waals surface area contributed by atoms with Gasteiger partial charge in [0.25, 0.3) is 6.43 Å². The third-order valence-electron chi connectivity index (χ3n) is 7.29. The summed E-state index contributed by atoms with van der Waals surface area (Å²) in [7, 11) is 0. The van der Waals surface area contributed by atoms with Crippen LogP contribution >= 0.6 is 0 Å². The van der Waals surface area contributed by atoms with E-state index in [9.17, 15) is 17.6 Å². The second kappa shape index (κ2) is 9.54. The lowest BCUT2D eigenvalue weighted by molar-refractivity contribution is 0.0545. The van der Waals surface area contributed by atoms with E-state index in [0.29, 0.717) is 17.8 Å². The van der Waals surface area contributed by atoms with Crippen LogP contribution < -0.4 is 5.32 Å². The maximum absolute atomic E-state index is 14.1. The third kappa shape index (κ3) is 4.99. The van der Waals surface area contributed by atoms with Crippen molar-refractivity contribution < 1.29 is 22.3 Å². The van der Waals surface area contributed by atoms with Crippen LogP contribution in [0.3, 0.4) is 0 Å². The van der Waals surface area contributed by atoms with Gasteiger partial charge in [0.15, 0.2) is 5.82 Å². The van der Waals surface area contributed by atoms with Gasteiger partial charge in [-0.1, -0.05) is 0 Å². The first kappa shape index (κ1) is 22.5. The lowest BCUT2D eigenvalue weighted by Gasteiger charge is -2.28. The number of halogens is 4. The van der Waals surface area contributed by atoms with Crippen molar-refractivity contribution in [1.29, 1.82) is 0 Å². The molecule has 3 fully saturated rings. The maximum Gasteiger partial charge on any atom is 0.267 e. The Bertz CT molecular complexity index is 971. The van der Waals surface area contributed by atoms with Crippen LogP contribution in [0.15, 0.2) is 24.3 Å². The van der Waals surface area contributed by atoms with Gasteiger partial charge >= 0.3 is 0 Å². The molecule has 178 valence electrons. The molecule has 0 amide bonds. The molecule has 33 heavy (non-hydrogen) atoms. The number of anilines is 1. The molecule has 2 saturated heterocycles. The molecule has 0 spiro atoms. The summed E-state index contributed by atoms with van der Waals surface area (Å²) in [5.74, 6) is 0.418. The summed E-state index contributed by atoms with van der Waals surface area (Å²) in [6.07, 6.45) is 1.25. The van der Waals surface area contributed by atoms with Crippen LogP contribution in [0.25, 0.3) is 11.3 Å². The largest absolute Gasteiger partial charge is 0.381 e. The van der Waals surface area contributed by atoms with E-state index in [1.165, 1.54) is 0 Å². The number of nitrogens with zero attached hydrogens (tertiary/aromatic N) is 3. The van der Waals surface area contributed by atoms with Crippen LogP contribution in [0, 0.1) is 29.4 Å². The first-order chi connectivity index (χ1) is 16.0. The molecule has 1 aliphatic carbocycles. The molecule has 0 bridgehead atoms. The van der Waals surface area contributed by atoms with Crippen LogP contribution in [0.2, 0.25) is 0 Å². The fourth-order valence-corrected chi connectivity index (χ4v) is 5.66. The van der Waals surface area contributed by atoms with Crippen LogP contribution in [0.5, 0.6) is 0 Å². The minimum atomic E-state index is -2.81. The van der Waals surface area contributed by atoms with E-state index in [0.717, 1.165) is 82.8 Å². The minimum absolute atomic E-state index is 0.0228. The Morgan fingerprint density at radius 3 is 2.45 bits per heavy atom. The van der Waals surface area contributed by atoms with E-state index in [1.54, 1.807) is 0 Å². The monoisotopic (exact) mass is 464 g/mol. The molecule has 1 aromatic carbocycles. The summed E-state index contributed by atoms with van der Waals surface area (Å²) in [5.41, 5.74) is -0.641. The molecule has 1 unspecified atom stereocenters. The Balaban J connectivity index is 1.23. The first-order valence-corrected chi connectivity index (χ1v) is 11.6. The Hall–Kier alpha value is -2.26. The molecule has 9 heteroatoms. The summed E-state index contributed by atoms with van der Waals surface area (Å²) >= 11 is 0. The van der Waals surface area contributed by atoms with E-state index in [-0.39, 0.29) is 28.7 Å². The van der Waals surface area contributed by atoms with Gasteiger partial charge in [-0.25, -0.2) is 17.6 Å². The third-order valence-corrected chi connectivity index (χ3v) is 7.29. The first-order valence-electron chi connectivity index (χ1n) is 11.6. The van der Waals surface area contributed by atoms with Gasteiger partial charge in [-0.2, -0.15) is 0 Å². The highest BCUT2D eigenvalue weighted by atomic mass is 19.3. The lowest BCUT2D eigenvalue weighted by atomic mass is 10.00. The second-order valence-corrected chi connectivity index (χ2v) is 9.57. The summed E-state index contributed by atoms with van der Waals surface area (Å²) in [4.78, 5) is 2.55. The van der Waals surface area contributed by atoms with Crippen molar-refractivity contribution in [2.75, 3.05) is 38.2 Å². The predicted molar refractivity (Wildman–Crippen MR) is 116 cm³/mol. The number of alkyl halides is 2. The highest BCUT2D eigenvalue weighted by Crippen LogP contribution is 2.40. The zero-order valence-electron chi connectivity index (χ0n) is 18.3. The number of benzene rings is 1. The van der Waals surface area contributed by atoms with E-state index >= 15 is 0 Å². The highest BCUT2D eigenvalue weighted by molar-refractivity contribution is 5.63. The van der Waals surface area contributed by atoms with E-state index in [1.807, 2.05) is 0 Å². The van der Waals surface area contributed by atoms with E-state index in [2.05, 4.69) is 20.4 Å². The molecule has 1 saturated carbocycles. The number of hydrogen-bond acceptors (Lipinski definition) is 5. The van der Waals surface area contributed by atoms with Crippen molar-refractivity contribution in [1.82, 2.24) is 15.1 Å². The molecule has 5 nitrogen and oxygen atoms in total. The van der Waals surface area contributed by atoms with Crippen molar-refractivity contribution in [3.8, 4) is 11.3 Å². The van der Waals surface area contributed by atoms with Crippen LogP contribution in [0.1, 0.15) is 37.7 Å². The number of nitrogens with one attached hydrogen (secondary N) is 1. The standard InChI is InChI=1S/C24H28F4N4O/c25-17-1-2-21(26)19(9-17)22-10-20(23(27)28)24(31-30-22)29-18-7-15-12-32(13-16(15)8-18)11-14-3-5-33-6-4-14/h1-2,9-10,14-16,18,23H,3-8,11-13H2,(H,29,31)/t15-,16+,18?. The fraction of sp³-hybridized carbons (Fsp3) is 0.583. The molecular weight excluding hydrogens is 436 g/mol. The van der Waals surface area contributed by atoms with Crippen LogP contribution in [0.4, 0.5) is 23.4 Å². The topological polar surface area (TPSA) is 50.3 Å². The van der Waals surface area contributed by atoms with Gasteiger partial charge in [0.05, 0.1) is 11.3 Å². The Morgan fingerprint density at radius 1 is 1.03 bits per heavy atom. The van der Waals surface area contributed by atoms with Crippen molar-refractivity contribution in [2.45, 2.75) is 38.2 Å². The van der Waals surface area contributed by atoms with Crippen LogP contribution in [-0.4, -0.2) is 54.0 Å². The SMILES string of the molecule is Fc1ccc(F)c(-c2cc(C(F)F)c(NC3C[C@@H]4CN(CC5CCOCC5)C[C@@H]4C3)nn2)c1. The summed E-state index contributed by atoms with van der Waals surface area (Å²) < 4.78 is 60.6. The molecular formula is C24H28F4N4O. The Morgan fingerprint density at radius 2 is 1.76 bits per heavy atom. The van der Waals surface area contributed by atoms with Gasteiger partial charge in [0.1, 0.15) is 11.6 Å². The van der Waals surface area contributed by atoms with Gasteiger partial charge in [0.2, 0.25) is 0 Å². The normalized spacial score (nSPS) is 26.2. The molecule has 3 atom stereocenters. The minimum Gasteiger partial charge on any atom is -0.381 e. The second-order valence-electron chi connectivity index (χ2n) is 9.57. The maximum atomic E-state index is 14.1. The average molecular weight is 465 g/mol. The molecule has 5 rings (SSSR count). The summed E-state index contributed by atoms with van der Waals surface area (Å²) in [5, 5.41) is 11.0. The molecule has 2 aromatic rings. The van der Waals surface area contributed by atoms with Gasteiger partial charge < -0.3 is 15.0 Å².